The standard InChI is InChI=1S/C15H22F3N3O/c1-20(10-11-21-8-6-19-7-9-21)12-13-4-2-3-5-14(13)22-15(16,17)18/h2-5,19H,6-12H2,1H3. The molecule has 7 heteroatoms. The predicted octanol–water partition coefficient (Wildman–Crippen LogP) is 1.92. The second-order valence-electron chi connectivity index (χ2n) is 5.48. The van der Waals surface area contributed by atoms with Crippen molar-refractivity contribution < 1.29 is 17.9 Å². The van der Waals surface area contributed by atoms with E-state index in [-0.39, 0.29) is 5.75 Å². The van der Waals surface area contributed by atoms with Crippen molar-refractivity contribution in [1.29, 1.82) is 0 Å². The summed E-state index contributed by atoms with van der Waals surface area (Å²) < 4.78 is 41.3. The lowest BCUT2D eigenvalue weighted by atomic mass is 10.2. The van der Waals surface area contributed by atoms with Gasteiger partial charge < -0.3 is 15.0 Å². The fraction of sp³-hybridized carbons (Fsp3) is 0.600. The van der Waals surface area contributed by atoms with Gasteiger partial charge in [0, 0.05) is 51.4 Å². The number of hydrogen-bond donors (Lipinski definition) is 1. The van der Waals surface area contributed by atoms with Gasteiger partial charge in [0.1, 0.15) is 5.75 Å². The third-order valence-corrected chi connectivity index (χ3v) is 3.65. The number of halogens is 3. The van der Waals surface area contributed by atoms with Crippen LogP contribution < -0.4 is 10.1 Å². The van der Waals surface area contributed by atoms with Crippen LogP contribution in [0.3, 0.4) is 0 Å². The number of ether oxygens (including phenoxy) is 1. The van der Waals surface area contributed by atoms with E-state index in [0.717, 1.165) is 39.3 Å². The summed E-state index contributed by atoms with van der Waals surface area (Å²) in [6.07, 6.45) is -4.66. The van der Waals surface area contributed by atoms with E-state index in [4.69, 9.17) is 0 Å². The molecule has 1 saturated heterocycles. The van der Waals surface area contributed by atoms with Gasteiger partial charge in [0.2, 0.25) is 0 Å². The second-order valence-corrected chi connectivity index (χ2v) is 5.48. The smallest absolute Gasteiger partial charge is 0.405 e. The minimum absolute atomic E-state index is 0.121. The van der Waals surface area contributed by atoms with Gasteiger partial charge in [0.15, 0.2) is 0 Å². The van der Waals surface area contributed by atoms with Crippen LogP contribution in [0.15, 0.2) is 24.3 Å². The normalized spacial score (nSPS) is 17.0. The summed E-state index contributed by atoms with van der Waals surface area (Å²) in [6.45, 7) is 6.17. The van der Waals surface area contributed by atoms with Crippen molar-refractivity contribution in [3.05, 3.63) is 29.8 Å². The van der Waals surface area contributed by atoms with Gasteiger partial charge in [-0.1, -0.05) is 18.2 Å². The molecule has 4 nitrogen and oxygen atoms in total. The highest BCUT2D eigenvalue weighted by molar-refractivity contribution is 5.33. The minimum atomic E-state index is -4.66. The molecule has 1 aliphatic rings. The van der Waals surface area contributed by atoms with Crippen molar-refractivity contribution in [2.75, 3.05) is 46.3 Å². The highest BCUT2D eigenvalue weighted by Gasteiger charge is 2.32. The zero-order chi connectivity index (χ0) is 16.0. The summed E-state index contributed by atoms with van der Waals surface area (Å²) in [5, 5.41) is 3.29. The molecule has 124 valence electrons. The van der Waals surface area contributed by atoms with Crippen molar-refractivity contribution >= 4 is 0 Å². The average Bonchev–Trinajstić information content (AvgIpc) is 2.47. The number of piperazine rings is 1. The Bertz CT molecular complexity index is 462. The quantitative estimate of drug-likeness (QED) is 0.868. The van der Waals surface area contributed by atoms with Gasteiger partial charge in [0.05, 0.1) is 0 Å². The van der Waals surface area contributed by atoms with E-state index in [1.807, 2.05) is 11.9 Å². The van der Waals surface area contributed by atoms with Gasteiger partial charge in [-0.25, -0.2) is 0 Å². The van der Waals surface area contributed by atoms with Crippen LogP contribution in [0.4, 0.5) is 13.2 Å². The topological polar surface area (TPSA) is 27.7 Å². The molecule has 0 spiro atoms. The fourth-order valence-electron chi connectivity index (χ4n) is 2.48. The Kier molecular flexibility index (Phi) is 6.05. The summed E-state index contributed by atoms with van der Waals surface area (Å²) >= 11 is 0. The Morgan fingerprint density at radius 3 is 2.59 bits per heavy atom. The lowest BCUT2D eigenvalue weighted by Gasteiger charge is -2.29. The molecule has 1 fully saturated rings. The highest BCUT2D eigenvalue weighted by Crippen LogP contribution is 2.26. The van der Waals surface area contributed by atoms with Crippen LogP contribution in [-0.2, 0) is 6.54 Å². The maximum atomic E-state index is 12.4. The number of nitrogens with one attached hydrogen (secondary N) is 1. The van der Waals surface area contributed by atoms with Crippen molar-refractivity contribution in [2.24, 2.45) is 0 Å². The lowest BCUT2D eigenvalue weighted by Crippen LogP contribution is -2.45. The first-order chi connectivity index (χ1) is 10.4. The molecule has 22 heavy (non-hydrogen) atoms. The van der Waals surface area contributed by atoms with Crippen LogP contribution >= 0.6 is 0 Å². The van der Waals surface area contributed by atoms with Crippen LogP contribution in [0.25, 0.3) is 0 Å². The molecule has 1 heterocycles. The van der Waals surface area contributed by atoms with Gasteiger partial charge in [0.25, 0.3) is 0 Å². The molecule has 0 atom stereocenters. The third kappa shape index (κ3) is 5.82. The van der Waals surface area contributed by atoms with E-state index in [1.165, 1.54) is 6.07 Å². The van der Waals surface area contributed by atoms with E-state index in [2.05, 4.69) is 15.0 Å². The molecule has 0 aliphatic carbocycles. The first-order valence-electron chi connectivity index (χ1n) is 7.39. The summed E-state index contributed by atoms with van der Waals surface area (Å²) in [5.74, 6) is -0.121. The lowest BCUT2D eigenvalue weighted by molar-refractivity contribution is -0.275. The van der Waals surface area contributed by atoms with Crippen LogP contribution in [0.1, 0.15) is 5.56 Å². The number of benzene rings is 1. The summed E-state index contributed by atoms with van der Waals surface area (Å²) in [7, 11) is 1.91. The van der Waals surface area contributed by atoms with Crippen LogP contribution in [0.2, 0.25) is 0 Å². The number of alkyl halides is 3. The molecule has 1 aliphatic heterocycles. The first kappa shape index (κ1) is 17.1. The van der Waals surface area contributed by atoms with Crippen molar-refractivity contribution in [2.45, 2.75) is 12.9 Å². The Morgan fingerprint density at radius 2 is 1.91 bits per heavy atom. The van der Waals surface area contributed by atoms with Gasteiger partial charge in [-0.15, -0.1) is 13.2 Å². The zero-order valence-corrected chi connectivity index (χ0v) is 12.7. The molecule has 1 aromatic carbocycles. The molecule has 0 radical (unpaired) electrons. The van der Waals surface area contributed by atoms with E-state index >= 15 is 0 Å². The molecule has 0 saturated carbocycles. The largest absolute Gasteiger partial charge is 0.573 e. The van der Waals surface area contributed by atoms with Crippen LogP contribution in [0.5, 0.6) is 5.75 Å². The SMILES string of the molecule is CN(CCN1CCNCC1)Cc1ccccc1OC(F)(F)F. The fourth-order valence-corrected chi connectivity index (χ4v) is 2.48. The average molecular weight is 317 g/mol. The number of nitrogens with zero attached hydrogens (tertiary/aromatic N) is 2. The molecule has 0 amide bonds. The van der Waals surface area contributed by atoms with Crippen LogP contribution in [0, 0.1) is 0 Å². The van der Waals surface area contributed by atoms with Gasteiger partial charge >= 0.3 is 6.36 Å². The molecule has 1 N–H and O–H groups in total. The molecule has 0 unspecified atom stereocenters. The van der Waals surface area contributed by atoms with Gasteiger partial charge in [-0.3, -0.25) is 4.90 Å². The van der Waals surface area contributed by atoms with Crippen LogP contribution in [-0.4, -0.2) is 62.5 Å². The van der Waals surface area contributed by atoms with Crippen molar-refractivity contribution in [1.82, 2.24) is 15.1 Å². The maximum absolute atomic E-state index is 12.4. The predicted molar refractivity (Wildman–Crippen MR) is 78.8 cm³/mol. The molecular weight excluding hydrogens is 295 g/mol. The Morgan fingerprint density at radius 1 is 1.23 bits per heavy atom. The zero-order valence-electron chi connectivity index (χ0n) is 12.7. The van der Waals surface area contributed by atoms with Crippen molar-refractivity contribution in [3.63, 3.8) is 0 Å². The summed E-state index contributed by atoms with van der Waals surface area (Å²) in [4.78, 5) is 4.37. The second kappa shape index (κ2) is 7.80. The number of para-hydroxylation sites is 1. The maximum Gasteiger partial charge on any atom is 0.573 e. The van der Waals surface area contributed by atoms with Gasteiger partial charge in [-0.05, 0) is 13.1 Å². The van der Waals surface area contributed by atoms with E-state index in [9.17, 15) is 13.2 Å². The van der Waals surface area contributed by atoms with Crippen molar-refractivity contribution in [3.8, 4) is 5.75 Å². The van der Waals surface area contributed by atoms with E-state index < -0.39 is 6.36 Å². The number of hydrogen-bond acceptors (Lipinski definition) is 4. The molecule has 0 aromatic heterocycles. The minimum Gasteiger partial charge on any atom is -0.405 e. The highest BCUT2D eigenvalue weighted by atomic mass is 19.4. The third-order valence-electron chi connectivity index (χ3n) is 3.65. The monoisotopic (exact) mass is 317 g/mol. The molecular formula is C15H22F3N3O. The Hall–Kier alpha value is -1.31. The molecule has 0 bridgehead atoms. The Labute approximate surface area is 128 Å². The van der Waals surface area contributed by atoms with E-state index in [0.29, 0.717) is 12.1 Å². The summed E-state index contributed by atoms with van der Waals surface area (Å²) in [6, 6.07) is 6.30. The summed E-state index contributed by atoms with van der Waals surface area (Å²) in [5.41, 5.74) is 0.544. The van der Waals surface area contributed by atoms with Gasteiger partial charge in [-0.2, -0.15) is 0 Å². The first-order valence-corrected chi connectivity index (χ1v) is 7.39. The van der Waals surface area contributed by atoms with E-state index in [1.54, 1.807) is 18.2 Å². The molecule has 2 rings (SSSR count). The number of rotatable bonds is 6. The molecule has 1 aromatic rings. The number of likely N-dealkylation sites (N-methyl/N-ethyl adjacent to an activating group) is 1. The Balaban J connectivity index is 1.86.